The predicted octanol–water partition coefficient (Wildman–Crippen LogP) is 2.39. The SMILES string of the molecule is C=C1CC(CCNS(=O)C(C)(C)C)C1. The van der Waals surface area contributed by atoms with Gasteiger partial charge in [-0.3, -0.25) is 0 Å². The Hall–Kier alpha value is -0.150. The van der Waals surface area contributed by atoms with Crippen LogP contribution in [0.2, 0.25) is 0 Å². The lowest BCUT2D eigenvalue weighted by molar-refractivity contribution is 0.391. The zero-order valence-corrected chi connectivity index (χ0v) is 10.2. The summed E-state index contributed by atoms with van der Waals surface area (Å²) in [5.41, 5.74) is 1.37. The molecule has 0 saturated heterocycles. The second-order valence-electron chi connectivity index (χ2n) is 5.09. The van der Waals surface area contributed by atoms with Crippen LogP contribution in [0.5, 0.6) is 0 Å². The van der Waals surface area contributed by atoms with E-state index in [0.717, 1.165) is 18.9 Å². The second kappa shape index (κ2) is 4.58. The minimum absolute atomic E-state index is 0.150. The van der Waals surface area contributed by atoms with Gasteiger partial charge >= 0.3 is 0 Å². The standard InChI is InChI=1S/C11H21NOS/c1-9-7-10(8-9)5-6-12-14(13)11(2,3)4/h10,12H,1,5-8H2,2-4H3. The molecule has 1 fully saturated rings. The van der Waals surface area contributed by atoms with E-state index < -0.39 is 11.0 Å². The van der Waals surface area contributed by atoms with Gasteiger partial charge in [-0.2, -0.15) is 0 Å². The van der Waals surface area contributed by atoms with E-state index >= 15 is 0 Å². The molecule has 1 saturated carbocycles. The number of rotatable bonds is 4. The van der Waals surface area contributed by atoms with E-state index in [2.05, 4.69) is 11.3 Å². The van der Waals surface area contributed by atoms with Crippen molar-refractivity contribution in [3.63, 3.8) is 0 Å². The van der Waals surface area contributed by atoms with Crippen LogP contribution in [-0.4, -0.2) is 15.5 Å². The maximum absolute atomic E-state index is 11.6. The molecule has 14 heavy (non-hydrogen) atoms. The monoisotopic (exact) mass is 215 g/mol. The van der Waals surface area contributed by atoms with Crippen molar-refractivity contribution in [2.45, 2.75) is 44.8 Å². The van der Waals surface area contributed by atoms with Crippen molar-refractivity contribution in [2.75, 3.05) is 6.54 Å². The number of nitrogens with one attached hydrogen (secondary N) is 1. The lowest BCUT2D eigenvalue weighted by atomic mass is 9.79. The van der Waals surface area contributed by atoms with Gasteiger partial charge in [-0.1, -0.05) is 12.2 Å². The molecule has 1 aliphatic carbocycles. The fourth-order valence-electron chi connectivity index (χ4n) is 1.53. The van der Waals surface area contributed by atoms with Crippen LogP contribution in [0.15, 0.2) is 12.2 Å². The maximum Gasteiger partial charge on any atom is 0.0970 e. The van der Waals surface area contributed by atoms with Crippen molar-refractivity contribution >= 4 is 11.0 Å². The van der Waals surface area contributed by atoms with E-state index in [-0.39, 0.29) is 4.75 Å². The third-order valence-electron chi connectivity index (χ3n) is 2.50. The van der Waals surface area contributed by atoms with Crippen LogP contribution in [0.25, 0.3) is 0 Å². The van der Waals surface area contributed by atoms with Gasteiger partial charge in [0.15, 0.2) is 0 Å². The Morgan fingerprint density at radius 1 is 1.50 bits per heavy atom. The number of hydrogen-bond donors (Lipinski definition) is 1. The Bertz CT molecular complexity index is 234. The van der Waals surface area contributed by atoms with Gasteiger partial charge in [-0.05, 0) is 46.0 Å². The first kappa shape index (κ1) is 11.9. The molecule has 1 atom stereocenters. The molecule has 0 heterocycles. The summed E-state index contributed by atoms with van der Waals surface area (Å²) in [5.74, 6) is 0.784. The van der Waals surface area contributed by atoms with Crippen LogP contribution >= 0.6 is 0 Å². The normalized spacial score (nSPS) is 20.6. The smallest absolute Gasteiger partial charge is 0.0970 e. The molecule has 0 amide bonds. The minimum Gasteiger partial charge on any atom is -0.242 e. The Kier molecular flexibility index (Phi) is 3.90. The van der Waals surface area contributed by atoms with E-state index in [0.29, 0.717) is 0 Å². The summed E-state index contributed by atoms with van der Waals surface area (Å²) >= 11 is 0. The molecule has 82 valence electrons. The molecule has 1 aliphatic rings. The van der Waals surface area contributed by atoms with Gasteiger partial charge in [0.25, 0.3) is 0 Å². The lowest BCUT2D eigenvalue weighted by Gasteiger charge is -2.28. The van der Waals surface area contributed by atoms with Crippen molar-refractivity contribution in [2.24, 2.45) is 5.92 Å². The first-order valence-electron chi connectivity index (χ1n) is 5.21. The first-order valence-corrected chi connectivity index (χ1v) is 6.36. The van der Waals surface area contributed by atoms with Crippen LogP contribution in [0.4, 0.5) is 0 Å². The quantitative estimate of drug-likeness (QED) is 0.717. The average Bonchev–Trinajstić information content (AvgIpc) is 1.99. The van der Waals surface area contributed by atoms with Crippen LogP contribution < -0.4 is 4.72 Å². The van der Waals surface area contributed by atoms with Gasteiger partial charge in [0.05, 0.1) is 15.7 Å². The molecule has 0 spiro atoms. The van der Waals surface area contributed by atoms with Gasteiger partial charge in [0.1, 0.15) is 0 Å². The molecule has 0 aromatic rings. The van der Waals surface area contributed by atoms with Crippen LogP contribution in [0.1, 0.15) is 40.0 Å². The summed E-state index contributed by atoms with van der Waals surface area (Å²) in [5, 5.41) is 0. The molecule has 1 unspecified atom stereocenters. The molecule has 0 aromatic heterocycles. The molecular formula is C11H21NOS. The summed E-state index contributed by atoms with van der Waals surface area (Å²) in [6.45, 7) is 10.7. The van der Waals surface area contributed by atoms with E-state index in [1.807, 2.05) is 20.8 Å². The Morgan fingerprint density at radius 2 is 2.07 bits per heavy atom. The first-order chi connectivity index (χ1) is 6.39. The van der Waals surface area contributed by atoms with Gasteiger partial charge in [0.2, 0.25) is 0 Å². The van der Waals surface area contributed by atoms with Crippen LogP contribution in [-0.2, 0) is 11.0 Å². The highest BCUT2D eigenvalue weighted by molar-refractivity contribution is 7.84. The highest BCUT2D eigenvalue weighted by atomic mass is 32.2. The zero-order chi connectivity index (χ0) is 10.8. The summed E-state index contributed by atoms with van der Waals surface area (Å²) in [6, 6.07) is 0. The fraction of sp³-hybridized carbons (Fsp3) is 0.818. The second-order valence-corrected chi connectivity index (χ2v) is 7.14. The molecule has 0 aliphatic heterocycles. The number of allylic oxidation sites excluding steroid dienone is 1. The van der Waals surface area contributed by atoms with E-state index in [1.165, 1.54) is 18.4 Å². The Labute approximate surface area is 89.8 Å². The average molecular weight is 215 g/mol. The molecule has 1 rings (SSSR count). The fourth-order valence-corrected chi connectivity index (χ4v) is 2.27. The van der Waals surface area contributed by atoms with E-state index in [4.69, 9.17) is 0 Å². The van der Waals surface area contributed by atoms with Gasteiger partial charge < -0.3 is 0 Å². The van der Waals surface area contributed by atoms with Crippen molar-refractivity contribution in [3.8, 4) is 0 Å². The lowest BCUT2D eigenvalue weighted by Crippen LogP contribution is -2.34. The predicted molar refractivity (Wildman–Crippen MR) is 62.4 cm³/mol. The Morgan fingerprint density at radius 3 is 2.50 bits per heavy atom. The summed E-state index contributed by atoms with van der Waals surface area (Å²) in [7, 11) is -0.913. The Balaban J connectivity index is 2.10. The van der Waals surface area contributed by atoms with Crippen molar-refractivity contribution in [1.29, 1.82) is 0 Å². The molecular weight excluding hydrogens is 194 g/mol. The van der Waals surface area contributed by atoms with E-state index in [1.54, 1.807) is 0 Å². The van der Waals surface area contributed by atoms with Crippen molar-refractivity contribution < 1.29 is 4.21 Å². The highest BCUT2D eigenvalue weighted by Gasteiger charge is 2.22. The largest absolute Gasteiger partial charge is 0.242 e. The molecule has 0 aromatic carbocycles. The summed E-state index contributed by atoms with van der Waals surface area (Å²) in [4.78, 5) is 0. The zero-order valence-electron chi connectivity index (χ0n) is 9.43. The third kappa shape index (κ3) is 3.54. The molecule has 0 bridgehead atoms. The number of hydrogen-bond acceptors (Lipinski definition) is 1. The summed E-state index contributed by atoms with van der Waals surface area (Å²) < 4.78 is 14.5. The highest BCUT2D eigenvalue weighted by Crippen LogP contribution is 2.33. The molecule has 0 radical (unpaired) electrons. The van der Waals surface area contributed by atoms with Crippen molar-refractivity contribution in [1.82, 2.24) is 4.72 Å². The minimum atomic E-state index is -0.913. The third-order valence-corrected chi connectivity index (χ3v) is 4.08. The maximum atomic E-state index is 11.6. The molecule has 3 heteroatoms. The summed E-state index contributed by atoms with van der Waals surface area (Å²) in [6.07, 6.45) is 3.47. The van der Waals surface area contributed by atoms with Crippen LogP contribution in [0.3, 0.4) is 0 Å². The van der Waals surface area contributed by atoms with Gasteiger partial charge in [0, 0.05) is 6.54 Å². The van der Waals surface area contributed by atoms with Crippen LogP contribution in [0, 0.1) is 5.92 Å². The topological polar surface area (TPSA) is 29.1 Å². The molecule has 2 nitrogen and oxygen atoms in total. The van der Waals surface area contributed by atoms with Gasteiger partial charge in [-0.25, -0.2) is 8.93 Å². The van der Waals surface area contributed by atoms with Crippen molar-refractivity contribution in [3.05, 3.63) is 12.2 Å². The van der Waals surface area contributed by atoms with E-state index in [9.17, 15) is 4.21 Å². The van der Waals surface area contributed by atoms with Gasteiger partial charge in [-0.15, -0.1) is 0 Å². The molecule has 1 N–H and O–H groups in total.